The van der Waals surface area contributed by atoms with Crippen molar-refractivity contribution in [3.05, 3.63) is 34.5 Å². The molecule has 0 unspecified atom stereocenters. The van der Waals surface area contributed by atoms with Gasteiger partial charge in [0.1, 0.15) is 5.76 Å². The normalized spacial score (nSPS) is 14.0. The number of nitrogens with one attached hydrogen (secondary N) is 2. The van der Waals surface area contributed by atoms with Crippen LogP contribution >= 0.6 is 27.7 Å². The van der Waals surface area contributed by atoms with Crippen LogP contribution in [-0.4, -0.2) is 54.8 Å². The standard InChI is InChI=1S/C18H21BrN4O4S/c1-12-8-16(22-27-12)21-18(25)11-28-10-17(24)20-14-9-13(19)2-3-15(14)23-4-6-26-7-5-23/h2-3,8-9H,4-7,10-11H2,1H3,(H,20,24)(H,21,22,25). The average molecular weight is 469 g/mol. The predicted molar refractivity (Wildman–Crippen MR) is 113 cm³/mol. The van der Waals surface area contributed by atoms with E-state index in [1.54, 1.807) is 13.0 Å². The molecule has 10 heteroatoms. The number of amides is 2. The topological polar surface area (TPSA) is 96.7 Å². The highest BCUT2D eigenvalue weighted by Gasteiger charge is 2.17. The van der Waals surface area contributed by atoms with E-state index in [1.165, 1.54) is 11.8 Å². The van der Waals surface area contributed by atoms with E-state index in [2.05, 4.69) is 36.6 Å². The Morgan fingerprint density at radius 1 is 1.18 bits per heavy atom. The Bertz CT molecular complexity index is 839. The van der Waals surface area contributed by atoms with E-state index in [9.17, 15) is 9.59 Å². The summed E-state index contributed by atoms with van der Waals surface area (Å²) in [4.78, 5) is 26.4. The third-order valence-corrected chi connectivity index (χ3v) is 5.37. The first-order chi connectivity index (χ1) is 13.5. The van der Waals surface area contributed by atoms with Crippen LogP contribution in [0, 0.1) is 6.92 Å². The number of carbonyl (C=O) groups is 2. The van der Waals surface area contributed by atoms with E-state index in [1.807, 2.05) is 18.2 Å². The predicted octanol–water partition coefficient (Wildman–Crippen LogP) is 2.89. The van der Waals surface area contributed by atoms with E-state index in [0.717, 1.165) is 28.9 Å². The molecule has 0 saturated carbocycles. The monoisotopic (exact) mass is 468 g/mol. The minimum absolute atomic E-state index is 0.147. The zero-order chi connectivity index (χ0) is 19.9. The van der Waals surface area contributed by atoms with Gasteiger partial charge in [0, 0.05) is 23.6 Å². The van der Waals surface area contributed by atoms with Gasteiger partial charge in [0.05, 0.1) is 36.1 Å². The second kappa shape index (κ2) is 9.94. The Hall–Kier alpha value is -2.04. The van der Waals surface area contributed by atoms with Crippen molar-refractivity contribution >= 4 is 56.7 Å². The number of ether oxygens (including phenoxy) is 1. The lowest BCUT2D eigenvalue weighted by molar-refractivity contribution is -0.114. The summed E-state index contributed by atoms with van der Waals surface area (Å²) in [6.07, 6.45) is 0. The number of benzene rings is 1. The zero-order valence-electron chi connectivity index (χ0n) is 15.4. The van der Waals surface area contributed by atoms with Gasteiger partial charge in [-0.2, -0.15) is 0 Å². The number of hydrogen-bond acceptors (Lipinski definition) is 7. The highest BCUT2D eigenvalue weighted by molar-refractivity contribution is 9.10. The summed E-state index contributed by atoms with van der Waals surface area (Å²) in [6, 6.07) is 7.44. The number of aryl methyl sites for hydroxylation is 1. The molecule has 2 aromatic rings. The molecule has 2 N–H and O–H groups in total. The summed E-state index contributed by atoms with van der Waals surface area (Å²) in [5.74, 6) is 0.906. The highest BCUT2D eigenvalue weighted by atomic mass is 79.9. The molecular weight excluding hydrogens is 448 g/mol. The third kappa shape index (κ3) is 5.98. The summed E-state index contributed by atoms with van der Waals surface area (Å²) >= 11 is 4.68. The highest BCUT2D eigenvalue weighted by Crippen LogP contribution is 2.30. The van der Waals surface area contributed by atoms with Gasteiger partial charge in [-0.25, -0.2) is 0 Å². The molecule has 1 aliphatic heterocycles. The van der Waals surface area contributed by atoms with Gasteiger partial charge in [0.25, 0.3) is 0 Å². The SMILES string of the molecule is Cc1cc(NC(=O)CSCC(=O)Nc2cc(Br)ccc2N2CCOCC2)no1. The van der Waals surface area contributed by atoms with Crippen LogP contribution in [0.1, 0.15) is 5.76 Å². The number of hydrogen-bond donors (Lipinski definition) is 2. The molecule has 150 valence electrons. The fraction of sp³-hybridized carbons (Fsp3) is 0.389. The van der Waals surface area contributed by atoms with Crippen molar-refractivity contribution in [2.45, 2.75) is 6.92 Å². The lowest BCUT2D eigenvalue weighted by Crippen LogP contribution is -2.36. The molecule has 1 fully saturated rings. The van der Waals surface area contributed by atoms with Gasteiger partial charge >= 0.3 is 0 Å². The number of rotatable bonds is 7. The Morgan fingerprint density at radius 2 is 1.89 bits per heavy atom. The number of carbonyl (C=O) groups excluding carboxylic acids is 2. The second-order valence-electron chi connectivity index (χ2n) is 6.17. The molecule has 2 heterocycles. The van der Waals surface area contributed by atoms with E-state index >= 15 is 0 Å². The number of aromatic nitrogens is 1. The molecule has 1 aliphatic rings. The first kappa shape index (κ1) is 20.7. The van der Waals surface area contributed by atoms with Crippen molar-refractivity contribution in [3.8, 4) is 0 Å². The van der Waals surface area contributed by atoms with Crippen molar-refractivity contribution in [1.29, 1.82) is 0 Å². The summed E-state index contributed by atoms with van der Waals surface area (Å²) in [5, 5.41) is 9.27. The summed E-state index contributed by atoms with van der Waals surface area (Å²) < 4.78 is 11.2. The van der Waals surface area contributed by atoms with E-state index in [-0.39, 0.29) is 23.3 Å². The Labute approximate surface area is 175 Å². The molecule has 0 spiro atoms. The van der Waals surface area contributed by atoms with Crippen molar-refractivity contribution < 1.29 is 18.8 Å². The molecule has 28 heavy (non-hydrogen) atoms. The molecule has 1 saturated heterocycles. The van der Waals surface area contributed by atoms with Crippen LogP contribution in [0.4, 0.5) is 17.2 Å². The molecule has 1 aromatic heterocycles. The Kier molecular flexibility index (Phi) is 7.35. The minimum atomic E-state index is -0.234. The molecule has 1 aromatic carbocycles. The fourth-order valence-electron chi connectivity index (χ4n) is 2.72. The van der Waals surface area contributed by atoms with Crippen molar-refractivity contribution in [3.63, 3.8) is 0 Å². The maximum Gasteiger partial charge on any atom is 0.235 e. The molecular formula is C18H21BrN4O4S. The summed E-state index contributed by atoms with van der Waals surface area (Å²) in [5.41, 5.74) is 1.70. The van der Waals surface area contributed by atoms with Gasteiger partial charge in [-0.1, -0.05) is 21.1 Å². The van der Waals surface area contributed by atoms with Gasteiger partial charge in [-0.05, 0) is 25.1 Å². The van der Waals surface area contributed by atoms with Crippen LogP contribution in [0.3, 0.4) is 0 Å². The first-order valence-corrected chi connectivity index (χ1v) is 10.7. The zero-order valence-corrected chi connectivity index (χ0v) is 17.8. The fourth-order valence-corrected chi connectivity index (χ4v) is 3.69. The van der Waals surface area contributed by atoms with Gasteiger partial charge < -0.3 is 24.8 Å². The molecule has 0 radical (unpaired) electrons. The lowest BCUT2D eigenvalue weighted by atomic mass is 10.2. The van der Waals surface area contributed by atoms with Crippen molar-refractivity contribution in [1.82, 2.24) is 5.16 Å². The molecule has 0 aliphatic carbocycles. The Balaban J connectivity index is 1.50. The molecule has 8 nitrogen and oxygen atoms in total. The first-order valence-electron chi connectivity index (χ1n) is 8.74. The van der Waals surface area contributed by atoms with Crippen molar-refractivity contribution in [2.24, 2.45) is 0 Å². The van der Waals surface area contributed by atoms with E-state index < -0.39 is 0 Å². The number of thioether (sulfide) groups is 1. The molecule has 2 amide bonds. The van der Waals surface area contributed by atoms with Gasteiger partial charge in [0.2, 0.25) is 11.8 Å². The van der Waals surface area contributed by atoms with Crippen LogP contribution in [0.15, 0.2) is 33.3 Å². The van der Waals surface area contributed by atoms with Gasteiger partial charge in [-0.15, -0.1) is 11.8 Å². The van der Waals surface area contributed by atoms with Crippen LogP contribution in [0.2, 0.25) is 0 Å². The number of nitrogens with zero attached hydrogens (tertiary/aromatic N) is 2. The largest absolute Gasteiger partial charge is 0.378 e. The second-order valence-corrected chi connectivity index (χ2v) is 8.07. The smallest absolute Gasteiger partial charge is 0.235 e. The molecule has 0 bridgehead atoms. The van der Waals surface area contributed by atoms with Crippen molar-refractivity contribution in [2.75, 3.05) is 53.3 Å². The lowest BCUT2D eigenvalue weighted by Gasteiger charge is -2.30. The van der Waals surface area contributed by atoms with Crippen LogP contribution in [0.25, 0.3) is 0 Å². The van der Waals surface area contributed by atoms with E-state index in [4.69, 9.17) is 9.26 Å². The minimum Gasteiger partial charge on any atom is -0.378 e. The number of morpholine rings is 1. The average Bonchev–Trinajstić information content (AvgIpc) is 3.07. The van der Waals surface area contributed by atoms with Crippen LogP contribution < -0.4 is 15.5 Å². The molecule has 3 rings (SSSR count). The Morgan fingerprint density at radius 3 is 2.57 bits per heavy atom. The van der Waals surface area contributed by atoms with E-state index in [0.29, 0.717) is 24.8 Å². The van der Waals surface area contributed by atoms with Crippen LogP contribution in [0.5, 0.6) is 0 Å². The number of halogens is 1. The van der Waals surface area contributed by atoms with Crippen LogP contribution in [-0.2, 0) is 14.3 Å². The summed E-state index contributed by atoms with van der Waals surface area (Å²) in [6.45, 7) is 4.63. The maximum atomic E-state index is 12.4. The third-order valence-electron chi connectivity index (χ3n) is 3.95. The maximum absolute atomic E-state index is 12.4. The molecule has 0 atom stereocenters. The summed E-state index contributed by atoms with van der Waals surface area (Å²) in [7, 11) is 0. The quantitative estimate of drug-likeness (QED) is 0.644. The van der Waals surface area contributed by atoms with Gasteiger partial charge in [-0.3, -0.25) is 9.59 Å². The van der Waals surface area contributed by atoms with Gasteiger partial charge in [0.15, 0.2) is 5.82 Å². The number of anilines is 3.